The molecular formula is C29H40N4O4. The van der Waals surface area contributed by atoms with Gasteiger partial charge in [0.05, 0.1) is 12.6 Å². The first-order valence-corrected chi connectivity index (χ1v) is 13.1. The van der Waals surface area contributed by atoms with Crippen LogP contribution in [0.2, 0.25) is 0 Å². The molecular weight excluding hydrogens is 468 g/mol. The number of carbonyl (C=O) groups excluding carboxylic acids is 3. The summed E-state index contributed by atoms with van der Waals surface area (Å²) in [5.41, 5.74) is 1.33. The molecule has 0 radical (unpaired) electrons. The zero-order chi connectivity index (χ0) is 26.8. The van der Waals surface area contributed by atoms with Gasteiger partial charge in [-0.3, -0.25) is 4.79 Å². The van der Waals surface area contributed by atoms with Crippen molar-refractivity contribution >= 4 is 23.7 Å². The maximum absolute atomic E-state index is 12.9. The summed E-state index contributed by atoms with van der Waals surface area (Å²) in [6, 6.07) is 18.3. The molecule has 1 heterocycles. The number of nitrogens with zero attached hydrogens (tertiary/aromatic N) is 1. The van der Waals surface area contributed by atoms with E-state index in [4.69, 9.17) is 4.74 Å². The van der Waals surface area contributed by atoms with Crippen LogP contribution in [0.25, 0.3) is 0 Å². The zero-order valence-corrected chi connectivity index (χ0v) is 22.3. The maximum atomic E-state index is 12.9. The van der Waals surface area contributed by atoms with Crippen LogP contribution in [0.4, 0.5) is 15.3 Å². The molecule has 1 fully saturated rings. The van der Waals surface area contributed by atoms with Gasteiger partial charge in [0.2, 0.25) is 5.91 Å². The Labute approximate surface area is 220 Å². The van der Waals surface area contributed by atoms with Gasteiger partial charge in [-0.15, -0.1) is 0 Å². The van der Waals surface area contributed by atoms with Crippen molar-refractivity contribution in [2.24, 2.45) is 5.41 Å². The molecule has 0 unspecified atom stereocenters. The number of anilines is 1. The summed E-state index contributed by atoms with van der Waals surface area (Å²) in [4.78, 5) is 40.0. The standard InChI is InChI=1S/C29H40N4O4/c1-5-6-15-24(18-26(34)30-21(2)22-13-9-7-10-14-22)32-28(36)37-25-19-33(20-29(25,3)4)27(35)31-23-16-11-8-12-17-23/h7-14,16-17,21,24-25H,5-6,15,18-20H2,1-4H3,(H,30,34)(H,31,35)(H,32,36)/t21-,24+,25-/m1/s1. The van der Waals surface area contributed by atoms with Gasteiger partial charge in [-0.05, 0) is 31.0 Å². The second-order valence-corrected chi connectivity index (χ2v) is 10.4. The third kappa shape index (κ3) is 8.51. The molecule has 2 aromatic rings. The van der Waals surface area contributed by atoms with Crippen molar-refractivity contribution in [1.82, 2.24) is 15.5 Å². The first kappa shape index (κ1) is 28.0. The van der Waals surface area contributed by atoms with Crippen LogP contribution in [0.5, 0.6) is 0 Å². The fourth-order valence-corrected chi connectivity index (χ4v) is 4.54. The number of amides is 4. The van der Waals surface area contributed by atoms with Crippen LogP contribution < -0.4 is 16.0 Å². The van der Waals surface area contributed by atoms with Gasteiger partial charge in [-0.25, -0.2) is 9.59 Å². The minimum Gasteiger partial charge on any atom is -0.444 e. The van der Waals surface area contributed by atoms with Gasteiger partial charge >= 0.3 is 12.1 Å². The van der Waals surface area contributed by atoms with E-state index in [1.807, 2.05) is 81.4 Å². The number of nitrogens with one attached hydrogen (secondary N) is 3. The number of alkyl carbamates (subject to hydrolysis) is 1. The van der Waals surface area contributed by atoms with Crippen molar-refractivity contribution < 1.29 is 19.1 Å². The van der Waals surface area contributed by atoms with Gasteiger partial charge in [0.15, 0.2) is 0 Å². The van der Waals surface area contributed by atoms with Gasteiger partial charge in [0, 0.05) is 30.1 Å². The van der Waals surface area contributed by atoms with Crippen LogP contribution in [0.1, 0.15) is 65.0 Å². The van der Waals surface area contributed by atoms with Crippen molar-refractivity contribution in [3.63, 3.8) is 0 Å². The Bertz CT molecular complexity index is 1030. The molecule has 0 aromatic heterocycles. The van der Waals surface area contributed by atoms with E-state index in [2.05, 4.69) is 22.9 Å². The molecule has 0 aliphatic carbocycles. The minimum atomic E-state index is -0.562. The Kier molecular flexibility index (Phi) is 9.94. The summed E-state index contributed by atoms with van der Waals surface area (Å²) < 4.78 is 5.80. The van der Waals surface area contributed by atoms with E-state index in [0.717, 1.165) is 18.4 Å². The van der Waals surface area contributed by atoms with E-state index in [1.165, 1.54) is 0 Å². The topological polar surface area (TPSA) is 99.8 Å². The molecule has 8 nitrogen and oxygen atoms in total. The first-order valence-electron chi connectivity index (χ1n) is 13.1. The van der Waals surface area contributed by atoms with E-state index in [9.17, 15) is 14.4 Å². The number of likely N-dealkylation sites (tertiary alicyclic amines) is 1. The SMILES string of the molecule is CCCC[C@@H](CC(=O)N[C@H](C)c1ccccc1)NC(=O)O[C@@H]1CN(C(=O)Nc2ccccc2)CC1(C)C. The van der Waals surface area contributed by atoms with Crippen LogP contribution >= 0.6 is 0 Å². The Hall–Kier alpha value is -3.55. The molecule has 8 heteroatoms. The number of benzene rings is 2. The van der Waals surface area contributed by atoms with E-state index in [-0.39, 0.29) is 30.4 Å². The highest BCUT2D eigenvalue weighted by Gasteiger charge is 2.44. The monoisotopic (exact) mass is 508 g/mol. The van der Waals surface area contributed by atoms with Gasteiger partial charge in [0.25, 0.3) is 0 Å². The molecule has 37 heavy (non-hydrogen) atoms. The summed E-state index contributed by atoms with van der Waals surface area (Å²) in [6.07, 6.45) is 1.66. The molecule has 0 saturated carbocycles. The number of ether oxygens (including phenoxy) is 1. The quantitative estimate of drug-likeness (QED) is 0.396. The van der Waals surface area contributed by atoms with Gasteiger partial charge in [0.1, 0.15) is 6.10 Å². The number of rotatable bonds is 10. The summed E-state index contributed by atoms with van der Waals surface area (Å²) in [6.45, 7) is 8.73. The molecule has 1 aliphatic heterocycles. The molecule has 200 valence electrons. The molecule has 3 rings (SSSR count). The maximum Gasteiger partial charge on any atom is 0.407 e. The highest BCUT2D eigenvalue weighted by Crippen LogP contribution is 2.32. The second-order valence-electron chi connectivity index (χ2n) is 10.4. The average Bonchev–Trinajstić information content (AvgIpc) is 3.17. The lowest BCUT2D eigenvalue weighted by molar-refractivity contribution is -0.122. The fraction of sp³-hybridized carbons (Fsp3) is 0.483. The Morgan fingerprint density at radius 1 is 1.03 bits per heavy atom. The summed E-state index contributed by atoms with van der Waals surface area (Å²) >= 11 is 0. The molecule has 3 N–H and O–H groups in total. The number of hydrogen-bond donors (Lipinski definition) is 3. The molecule has 2 aromatic carbocycles. The molecule has 1 saturated heterocycles. The average molecular weight is 509 g/mol. The summed E-state index contributed by atoms with van der Waals surface area (Å²) in [5, 5.41) is 8.81. The van der Waals surface area contributed by atoms with Crippen LogP contribution in [0, 0.1) is 5.41 Å². The molecule has 4 amide bonds. The molecule has 0 bridgehead atoms. The third-order valence-electron chi connectivity index (χ3n) is 6.75. The number of para-hydroxylation sites is 1. The lowest BCUT2D eigenvalue weighted by Gasteiger charge is -2.26. The third-order valence-corrected chi connectivity index (χ3v) is 6.75. The second kappa shape index (κ2) is 13.1. The fourth-order valence-electron chi connectivity index (χ4n) is 4.54. The van der Waals surface area contributed by atoms with E-state index >= 15 is 0 Å². The number of unbranched alkanes of at least 4 members (excludes halogenated alkanes) is 1. The lowest BCUT2D eigenvalue weighted by atomic mass is 9.90. The molecule has 3 atom stereocenters. The van der Waals surface area contributed by atoms with Gasteiger partial charge < -0.3 is 25.6 Å². The van der Waals surface area contributed by atoms with Crippen LogP contribution in [0.3, 0.4) is 0 Å². The number of urea groups is 1. The Balaban J connectivity index is 1.54. The predicted molar refractivity (Wildman–Crippen MR) is 145 cm³/mol. The Morgan fingerprint density at radius 2 is 1.68 bits per heavy atom. The van der Waals surface area contributed by atoms with E-state index in [0.29, 0.717) is 25.2 Å². The van der Waals surface area contributed by atoms with Crippen LogP contribution in [0.15, 0.2) is 60.7 Å². The highest BCUT2D eigenvalue weighted by molar-refractivity contribution is 5.89. The van der Waals surface area contributed by atoms with Crippen molar-refractivity contribution in [1.29, 1.82) is 0 Å². The first-order chi connectivity index (χ1) is 17.7. The largest absolute Gasteiger partial charge is 0.444 e. The van der Waals surface area contributed by atoms with Crippen molar-refractivity contribution in [3.05, 3.63) is 66.2 Å². The minimum absolute atomic E-state index is 0.122. The molecule has 1 aliphatic rings. The summed E-state index contributed by atoms with van der Waals surface area (Å²) in [7, 11) is 0. The smallest absolute Gasteiger partial charge is 0.407 e. The van der Waals surface area contributed by atoms with Gasteiger partial charge in [-0.1, -0.05) is 82.1 Å². The summed E-state index contributed by atoms with van der Waals surface area (Å²) in [5.74, 6) is -0.122. The lowest BCUT2D eigenvalue weighted by Crippen LogP contribution is -2.43. The zero-order valence-electron chi connectivity index (χ0n) is 22.3. The van der Waals surface area contributed by atoms with Crippen LogP contribution in [-0.2, 0) is 9.53 Å². The molecule has 0 spiro atoms. The van der Waals surface area contributed by atoms with Crippen molar-refractivity contribution in [2.75, 3.05) is 18.4 Å². The van der Waals surface area contributed by atoms with Crippen molar-refractivity contribution in [2.45, 2.75) is 71.6 Å². The van der Waals surface area contributed by atoms with E-state index in [1.54, 1.807) is 4.90 Å². The predicted octanol–water partition coefficient (Wildman–Crippen LogP) is 5.48. The number of hydrogen-bond acceptors (Lipinski definition) is 4. The number of carbonyl (C=O) groups is 3. The highest BCUT2D eigenvalue weighted by atomic mass is 16.6. The van der Waals surface area contributed by atoms with Crippen LogP contribution in [-0.4, -0.2) is 48.2 Å². The Morgan fingerprint density at radius 3 is 2.32 bits per heavy atom. The van der Waals surface area contributed by atoms with E-state index < -0.39 is 17.6 Å². The van der Waals surface area contributed by atoms with Crippen molar-refractivity contribution in [3.8, 4) is 0 Å². The normalized spacial score (nSPS) is 17.9. The van der Waals surface area contributed by atoms with Gasteiger partial charge in [-0.2, -0.15) is 0 Å².